The van der Waals surface area contributed by atoms with Crippen molar-refractivity contribution in [3.8, 4) is 23.3 Å². The van der Waals surface area contributed by atoms with Gasteiger partial charge in [-0.25, -0.2) is 14.6 Å². The summed E-state index contributed by atoms with van der Waals surface area (Å²) in [5.41, 5.74) is 12.0. The Morgan fingerprint density at radius 3 is 2.38 bits per heavy atom. The molecule has 0 aliphatic heterocycles. The Hall–Kier alpha value is -5.26. The quantitative estimate of drug-likeness (QED) is 0.0252. The van der Waals surface area contributed by atoms with Crippen LogP contribution in [0.25, 0.3) is 11.0 Å². The van der Waals surface area contributed by atoms with Crippen LogP contribution in [0.5, 0.6) is 11.5 Å². The monoisotopic (exact) mass is 1160 g/mol. The van der Waals surface area contributed by atoms with Crippen LogP contribution < -0.4 is 15.2 Å². The van der Waals surface area contributed by atoms with Crippen molar-refractivity contribution in [3.05, 3.63) is 69.3 Å². The minimum atomic E-state index is -5.58. The highest BCUT2D eigenvalue weighted by atomic mass is 35.5. The maximum Gasteiger partial charge on any atom is 0.453 e. The van der Waals surface area contributed by atoms with Crippen molar-refractivity contribution in [2.45, 2.75) is 174 Å². The molecule has 1 aromatic carbocycles. The Morgan fingerprint density at radius 2 is 1.68 bits per heavy atom. The zero-order chi connectivity index (χ0) is 58.4. The number of hydrogen-bond donors (Lipinski definition) is 2. The number of hydrogen-bond acceptors (Lipinski definition) is 11. The lowest BCUT2D eigenvalue weighted by molar-refractivity contribution is -0.284. The van der Waals surface area contributed by atoms with Crippen LogP contribution in [0, 0.1) is 42.9 Å². The van der Waals surface area contributed by atoms with Gasteiger partial charge in [-0.3, -0.25) is 9.19 Å². The lowest BCUT2D eigenvalue weighted by Crippen LogP contribution is -2.38. The lowest BCUT2D eigenvalue weighted by atomic mass is 9.63. The number of aryl methyl sites for hydroxylation is 1. The van der Waals surface area contributed by atoms with Crippen LogP contribution in [0.1, 0.15) is 162 Å². The van der Waals surface area contributed by atoms with Crippen LogP contribution in [-0.4, -0.2) is 121 Å². The zero-order valence-electron chi connectivity index (χ0n) is 47.5. The van der Waals surface area contributed by atoms with Crippen LogP contribution >= 0.6 is 11.6 Å². The summed E-state index contributed by atoms with van der Waals surface area (Å²) in [6.45, 7) is 9.07. The highest BCUT2D eigenvalue weighted by Gasteiger charge is 2.56. The van der Waals surface area contributed by atoms with E-state index in [-0.39, 0.29) is 54.5 Å². The number of methoxy groups -OCH3 is 1. The largest absolute Gasteiger partial charge is 0.496 e. The number of ether oxygens (including phenoxy) is 3. The normalized spacial score (nSPS) is 19.0. The molecule has 2 unspecified atom stereocenters. The van der Waals surface area contributed by atoms with E-state index in [0.29, 0.717) is 58.8 Å². The fraction of sp³-hybridized carbons (Fsp3) is 0.644. The van der Waals surface area contributed by atoms with Gasteiger partial charge in [0.2, 0.25) is 5.95 Å². The highest BCUT2D eigenvalue weighted by Crippen LogP contribution is 2.56. The molecule has 14 nitrogen and oxygen atoms in total. The summed E-state index contributed by atoms with van der Waals surface area (Å²) >= 11 is 6.56. The van der Waals surface area contributed by atoms with E-state index in [1.807, 2.05) is 36.7 Å². The predicted octanol–water partition coefficient (Wildman–Crippen LogP) is 13.1. The Bertz CT molecular complexity index is 2830. The summed E-state index contributed by atoms with van der Waals surface area (Å²) in [7, 11) is 3.43. The van der Waals surface area contributed by atoms with E-state index in [1.165, 1.54) is 20.9 Å². The van der Waals surface area contributed by atoms with E-state index >= 15 is 0 Å². The second kappa shape index (κ2) is 29.1. The molecule has 3 N–H and O–H groups in total. The molecule has 2 aliphatic carbocycles. The van der Waals surface area contributed by atoms with Crippen molar-refractivity contribution < 1.29 is 55.1 Å². The smallest absolute Gasteiger partial charge is 0.453 e. The molecular formula is C59H81ClF5N7O7S. The molecule has 2 saturated carbocycles. The van der Waals surface area contributed by atoms with Crippen LogP contribution in [0.4, 0.5) is 37.5 Å². The molecular weight excluding hydrogens is 1080 g/mol. The summed E-state index contributed by atoms with van der Waals surface area (Å²) in [5.74, 6) is 4.00. The van der Waals surface area contributed by atoms with Gasteiger partial charge in [0.05, 0.1) is 36.4 Å². The Balaban J connectivity index is 0.967. The van der Waals surface area contributed by atoms with E-state index in [9.17, 15) is 40.9 Å². The summed E-state index contributed by atoms with van der Waals surface area (Å²) in [4.78, 5) is 42.6. The van der Waals surface area contributed by atoms with Gasteiger partial charge >= 0.3 is 24.3 Å². The number of pyridine rings is 1. The minimum Gasteiger partial charge on any atom is -0.496 e. The van der Waals surface area contributed by atoms with Crippen molar-refractivity contribution in [1.82, 2.24) is 29.3 Å². The number of nitrogens with two attached hydrogens (primary N) is 1. The number of nitrogens with zero attached hydrogens (tertiary/aromatic N) is 6. The minimum absolute atomic E-state index is 0.0204. The van der Waals surface area contributed by atoms with Gasteiger partial charge in [-0.15, -0.1) is 0 Å². The molecule has 4 aromatic rings. The van der Waals surface area contributed by atoms with Crippen molar-refractivity contribution in [2.24, 2.45) is 17.3 Å². The molecule has 2 fully saturated rings. The molecule has 21 heteroatoms. The Morgan fingerprint density at radius 1 is 0.988 bits per heavy atom. The maximum absolute atomic E-state index is 13.5. The van der Waals surface area contributed by atoms with Gasteiger partial charge in [-0.2, -0.15) is 26.9 Å². The van der Waals surface area contributed by atoms with Crippen molar-refractivity contribution >= 4 is 51.6 Å². The average Bonchev–Trinajstić information content (AvgIpc) is 4.09. The van der Waals surface area contributed by atoms with Gasteiger partial charge in [0.25, 0.3) is 0 Å². The average molecular weight is 1160 g/mol. The third kappa shape index (κ3) is 16.9. The molecule has 6 rings (SSSR count). The number of anilines is 1. The molecule has 0 bridgehead atoms. The summed E-state index contributed by atoms with van der Waals surface area (Å²) in [6, 6.07) is 6.03. The van der Waals surface area contributed by atoms with E-state index in [1.54, 1.807) is 27.4 Å². The number of aliphatic hydroxyl groups excluding tert-OH is 1. The molecule has 3 heterocycles. The number of alkyl halides is 5. The summed E-state index contributed by atoms with van der Waals surface area (Å²) in [5, 5.41) is 11.6. The predicted molar refractivity (Wildman–Crippen MR) is 303 cm³/mol. The molecule has 0 spiro atoms. The third-order valence-corrected chi connectivity index (χ3v) is 18.3. The van der Waals surface area contributed by atoms with Gasteiger partial charge in [0, 0.05) is 85.9 Å². The molecule has 3 aromatic heterocycles. The number of carbonyl (C=O) groups excluding carboxylic acids is 2. The number of amides is 2. The SMILES string of the molecule is CC[C@H](CCCCCCCCCS(=O)CCCC(F)(F)C(F)(F)F)Cc1cc(OC(=O)N(C)CCN(C)C(=O)OCCC#Cc2cn(Cc3ncc(C)c(OC)c3C)c3nc(N)nc(Cl)c23)ccc1C1CC[C@@]2(C)[C@H](CC[C@@H]2O)C1. The number of fused-ring (bicyclic) bond motifs is 2. The van der Waals surface area contributed by atoms with Crippen LogP contribution in [0.15, 0.2) is 30.6 Å². The van der Waals surface area contributed by atoms with E-state index in [2.05, 4.69) is 46.7 Å². The van der Waals surface area contributed by atoms with Gasteiger partial charge in [0.1, 0.15) is 28.9 Å². The van der Waals surface area contributed by atoms with Gasteiger partial charge in [-0.05, 0) is 112 Å². The third-order valence-electron chi connectivity index (χ3n) is 16.5. The number of aliphatic hydroxyl groups is 1. The topological polar surface area (TPSA) is 175 Å². The van der Waals surface area contributed by atoms with Gasteiger partial charge in [-0.1, -0.05) is 94.7 Å². The van der Waals surface area contributed by atoms with Crippen LogP contribution in [0.2, 0.25) is 5.15 Å². The Kier molecular flexibility index (Phi) is 23.3. The van der Waals surface area contributed by atoms with Crippen LogP contribution in [-0.2, 0) is 28.5 Å². The van der Waals surface area contributed by atoms with Gasteiger partial charge in [0.15, 0.2) is 0 Å². The number of nitrogen functional groups attached to an aromatic ring is 1. The zero-order valence-corrected chi connectivity index (χ0v) is 49.1. The van der Waals surface area contributed by atoms with Gasteiger partial charge < -0.3 is 39.4 Å². The maximum atomic E-state index is 13.5. The second-order valence-electron chi connectivity index (χ2n) is 22.2. The number of aromatic nitrogens is 4. The molecule has 80 heavy (non-hydrogen) atoms. The number of rotatable bonds is 27. The van der Waals surface area contributed by atoms with Crippen molar-refractivity contribution in [1.29, 1.82) is 0 Å². The number of halogens is 6. The number of unbranched alkanes of at least 4 members (excludes halogenated alkanes) is 6. The van der Waals surface area contributed by atoms with E-state index in [4.69, 9.17) is 31.5 Å². The first-order valence-corrected chi connectivity index (χ1v) is 30.0. The molecule has 6 atom stereocenters. The first-order chi connectivity index (χ1) is 38.0. The molecule has 0 saturated heterocycles. The second-order valence-corrected chi connectivity index (χ2v) is 24.2. The fourth-order valence-corrected chi connectivity index (χ4v) is 12.9. The standard InChI is InChI=1S/C59H81ClF5N7O7S/c1-8-41(19-14-12-10-9-11-13-17-31-80(76)32-18-26-58(61,62)59(63,64)65)33-44-35-46(22-23-47(44)42-25-27-57(4)45(34-42)21-24-49(57)73)79-56(75)71(6)29-28-70(5)55(74)78-30-16-15-20-43-37-72(53-50(43)52(60)68-54(66)69-53)38-48-40(3)51(77-7)39(2)36-67-48/h22-23,35-37,41-42,45,49,73H,8-14,16-19,21,24-34,38H2,1-7H3,(H2,66,68,69)/t41-,42?,45-,49+,57+,80?/m1/s1. The summed E-state index contributed by atoms with van der Waals surface area (Å²) in [6.07, 6.45) is 9.29. The van der Waals surface area contributed by atoms with Crippen LogP contribution in [0.3, 0.4) is 0 Å². The highest BCUT2D eigenvalue weighted by molar-refractivity contribution is 7.84. The lowest BCUT2D eigenvalue weighted by Gasteiger charge is -2.42. The summed E-state index contributed by atoms with van der Waals surface area (Å²) < 4.78 is 94.7. The van der Waals surface area contributed by atoms with Crippen molar-refractivity contribution in [2.75, 3.05) is 58.1 Å². The number of carbonyl (C=O) groups is 2. The first kappa shape index (κ1) is 63.9. The fourth-order valence-electron chi connectivity index (χ4n) is 11.4. The molecule has 2 amide bonds. The molecule has 2 aliphatic rings. The Labute approximate surface area is 475 Å². The van der Waals surface area contributed by atoms with Crippen molar-refractivity contribution in [3.63, 3.8) is 0 Å². The first-order valence-electron chi connectivity index (χ1n) is 28.2. The number of benzene rings is 1. The molecule has 442 valence electrons. The van der Waals surface area contributed by atoms with E-state index < -0.39 is 47.9 Å². The van der Waals surface area contributed by atoms with E-state index in [0.717, 1.165) is 112 Å². The molecule has 0 radical (unpaired) electrons. The number of likely N-dealkylation sites (N-methyl/N-ethyl adjacent to an activating group) is 2.